The van der Waals surface area contributed by atoms with Gasteiger partial charge in [-0.3, -0.25) is 0 Å². The topological polar surface area (TPSA) is 3.24 Å². The predicted molar refractivity (Wildman–Crippen MR) is 320 cm³/mol. The third kappa shape index (κ3) is 8.77. The molecule has 1 nitrogen and oxygen atoms in total. The number of rotatable bonds is 11. The highest BCUT2D eigenvalue weighted by Crippen LogP contribution is 2.47. The molecule has 0 aromatic heterocycles. The molecule has 0 bridgehead atoms. The van der Waals surface area contributed by atoms with E-state index in [-0.39, 0.29) is 0 Å². The summed E-state index contributed by atoms with van der Waals surface area (Å²) in [6.07, 6.45) is 0. The summed E-state index contributed by atoms with van der Waals surface area (Å²) in [4.78, 5) is 2.37. The number of benzene rings is 13. The molecule has 0 heterocycles. The Hall–Kier alpha value is -9.82. The van der Waals surface area contributed by atoms with Crippen LogP contribution >= 0.6 is 0 Å². The van der Waals surface area contributed by atoms with E-state index in [0.717, 1.165) is 28.2 Å². The van der Waals surface area contributed by atoms with Gasteiger partial charge in [0.15, 0.2) is 0 Å². The van der Waals surface area contributed by atoms with Crippen LogP contribution in [0.4, 0.5) is 17.1 Å². The molecule has 1 heteroatoms. The maximum absolute atomic E-state index is 2.39. The molecule has 0 saturated carbocycles. The summed E-state index contributed by atoms with van der Waals surface area (Å²) in [6.45, 7) is 0. The number of hydrogen-bond acceptors (Lipinski definition) is 1. The lowest BCUT2D eigenvalue weighted by molar-refractivity contribution is 1.28. The van der Waals surface area contributed by atoms with Crippen LogP contribution in [0.2, 0.25) is 0 Å². The van der Waals surface area contributed by atoms with Gasteiger partial charge in [0.05, 0.1) is 0 Å². The minimum absolute atomic E-state index is 1.08. The van der Waals surface area contributed by atoms with E-state index in [1.165, 1.54) is 99.4 Å². The minimum Gasteiger partial charge on any atom is -0.311 e. The number of anilines is 3. The van der Waals surface area contributed by atoms with Gasteiger partial charge in [-0.15, -0.1) is 0 Å². The second-order valence-electron chi connectivity index (χ2n) is 19.2. The molecule has 0 aliphatic carbocycles. The van der Waals surface area contributed by atoms with Gasteiger partial charge in [-0.05, 0) is 153 Å². The van der Waals surface area contributed by atoms with Crippen molar-refractivity contribution in [1.29, 1.82) is 0 Å². The van der Waals surface area contributed by atoms with Gasteiger partial charge in [0, 0.05) is 17.1 Å². The molecule has 0 radical (unpaired) electrons. The van der Waals surface area contributed by atoms with Crippen molar-refractivity contribution < 1.29 is 0 Å². The van der Waals surface area contributed by atoms with Crippen molar-refractivity contribution in [2.24, 2.45) is 0 Å². The average molecular weight is 954 g/mol. The molecular weight excluding hydrogens is 903 g/mol. The van der Waals surface area contributed by atoms with Gasteiger partial charge in [-0.1, -0.05) is 267 Å². The Morgan fingerprint density at radius 2 is 0.453 bits per heavy atom. The van der Waals surface area contributed by atoms with Gasteiger partial charge in [-0.2, -0.15) is 0 Å². The second kappa shape index (κ2) is 20.0. The molecule has 75 heavy (non-hydrogen) atoms. The first-order chi connectivity index (χ1) is 37.2. The highest BCUT2D eigenvalue weighted by molar-refractivity contribution is 6.22. The zero-order chi connectivity index (χ0) is 49.9. The van der Waals surface area contributed by atoms with E-state index in [9.17, 15) is 0 Å². The Labute approximate surface area is 439 Å². The smallest absolute Gasteiger partial charge is 0.0462 e. The van der Waals surface area contributed by atoms with Gasteiger partial charge in [0.2, 0.25) is 0 Å². The highest BCUT2D eigenvalue weighted by Gasteiger charge is 2.20. The molecule has 0 N–H and O–H groups in total. The van der Waals surface area contributed by atoms with Crippen LogP contribution in [-0.4, -0.2) is 0 Å². The maximum Gasteiger partial charge on any atom is 0.0462 e. The van der Waals surface area contributed by atoms with Crippen LogP contribution in [0.1, 0.15) is 0 Å². The number of hydrogen-bond donors (Lipinski definition) is 0. The molecule has 0 fully saturated rings. The van der Waals surface area contributed by atoms with E-state index < -0.39 is 0 Å². The van der Waals surface area contributed by atoms with Crippen LogP contribution in [0.25, 0.3) is 111 Å². The quantitative estimate of drug-likeness (QED) is 0.117. The van der Waals surface area contributed by atoms with Crippen molar-refractivity contribution in [3.63, 3.8) is 0 Å². The Kier molecular flexibility index (Phi) is 12.0. The lowest BCUT2D eigenvalue weighted by Crippen LogP contribution is -2.09. The van der Waals surface area contributed by atoms with Crippen LogP contribution in [0, 0.1) is 0 Å². The minimum atomic E-state index is 1.08. The first-order valence-corrected chi connectivity index (χ1v) is 25.8. The van der Waals surface area contributed by atoms with Crippen molar-refractivity contribution in [2.75, 3.05) is 4.90 Å². The molecule has 13 aromatic carbocycles. The van der Waals surface area contributed by atoms with E-state index in [0.29, 0.717) is 0 Å². The SMILES string of the molecule is c1ccc(-c2ccc(-c3ccc(N(c4ccc(-c5ccc6c(-c7ccccc7)c(-c7ccccc7)c7ccccc7c6c5)cc4)c4ccc(-c5cccc(-c6ccccc6)c5-c5ccccc5)cc4)cc3)cc2)cc1. The summed E-state index contributed by atoms with van der Waals surface area (Å²) >= 11 is 0. The van der Waals surface area contributed by atoms with Crippen LogP contribution in [0.3, 0.4) is 0 Å². The summed E-state index contributed by atoms with van der Waals surface area (Å²) < 4.78 is 0. The van der Waals surface area contributed by atoms with Crippen LogP contribution < -0.4 is 4.90 Å². The van der Waals surface area contributed by atoms with Gasteiger partial charge in [-0.25, -0.2) is 0 Å². The Balaban J connectivity index is 0.901. The largest absolute Gasteiger partial charge is 0.311 e. The van der Waals surface area contributed by atoms with Crippen LogP contribution in [0.15, 0.2) is 309 Å². The zero-order valence-electron chi connectivity index (χ0n) is 41.4. The highest BCUT2D eigenvalue weighted by atomic mass is 15.1. The van der Waals surface area contributed by atoms with Crippen molar-refractivity contribution in [3.05, 3.63) is 309 Å². The Morgan fingerprint density at radius 3 is 0.907 bits per heavy atom. The van der Waals surface area contributed by atoms with E-state index in [1.807, 2.05) is 0 Å². The standard InChI is InChI=1S/C74H51N/c1-6-19-52(20-7-1)53-33-35-54(36-34-53)55-37-44-63(45-38-55)75(65-48-41-58(42-49-65)67-32-18-31-66(57-21-8-2-9-22-57)72(67)59-23-10-3-11-24-59)64-46-39-56(40-47-64)62-43-50-70-71(51-62)68-29-16-17-30-69(68)73(60-25-12-4-13-26-60)74(70)61-27-14-5-15-28-61/h1-51H. The molecule has 13 rings (SSSR count). The molecule has 0 amide bonds. The summed E-state index contributed by atoms with van der Waals surface area (Å²) in [5.74, 6) is 0. The molecule has 0 aliphatic rings. The molecule has 0 atom stereocenters. The van der Waals surface area contributed by atoms with Crippen molar-refractivity contribution in [3.8, 4) is 89.0 Å². The lowest BCUT2D eigenvalue weighted by atomic mass is 9.84. The van der Waals surface area contributed by atoms with Crippen molar-refractivity contribution in [2.45, 2.75) is 0 Å². The summed E-state index contributed by atoms with van der Waals surface area (Å²) in [7, 11) is 0. The molecule has 0 saturated heterocycles. The maximum atomic E-state index is 2.39. The van der Waals surface area contributed by atoms with E-state index >= 15 is 0 Å². The molecule has 13 aromatic rings. The zero-order valence-corrected chi connectivity index (χ0v) is 41.4. The molecule has 352 valence electrons. The Morgan fingerprint density at radius 1 is 0.160 bits per heavy atom. The van der Waals surface area contributed by atoms with Crippen LogP contribution in [0.5, 0.6) is 0 Å². The fourth-order valence-electron chi connectivity index (χ4n) is 11.1. The van der Waals surface area contributed by atoms with E-state index in [1.54, 1.807) is 0 Å². The summed E-state index contributed by atoms with van der Waals surface area (Å²) in [6, 6.07) is 112. The fourth-order valence-corrected chi connectivity index (χ4v) is 11.1. The first kappa shape index (κ1) is 45.1. The Bertz CT molecular complexity index is 4080. The monoisotopic (exact) mass is 953 g/mol. The molecule has 0 aliphatic heterocycles. The first-order valence-electron chi connectivity index (χ1n) is 25.8. The lowest BCUT2D eigenvalue weighted by Gasteiger charge is -2.26. The fraction of sp³-hybridized carbons (Fsp3) is 0. The third-order valence-electron chi connectivity index (χ3n) is 14.7. The molecule has 0 spiro atoms. The molecular formula is C74H51N. The van der Waals surface area contributed by atoms with Gasteiger partial charge in [0.25, 0.3) is 0 Å². The van der Waals surface area contributed by atoms with Gasteiger partial charge < -0.3 is 4.90 Å². The van der Waals surface area contributed by atoms with Gasteiger partial charge in [0.1, 0.15) is 0 Å². The van der Waals surface area contributed by atoms with Gasteiger partial charge >= 0.3 is 0 Å². The normalized spacial score (nSPS) is 11.2. The molecule has 0 unspecified atom stereocenters. The van der Waals surface area contributed by atoms with E-state index in [2.05, 4.69) is 314 Å². The number of nitrogens with zero attached hydrogens (tertiary/aromatic N) is 1. The van der Waals surface area contributed by atoms with Crippen molar-refractivity contribution >= 4 is 38.6 Å². The van der Waals surface area contributed by atoms with Crippen molar-refractivity contribution in [1.82, 2.24) is 0 Å². The predicted octanol–water partition coefficient (Wildman–Crippen LogP) is 20.8. The summed E-state index contributed by atoms with van der Waals surface area (Å²) in [5, 5.41) is 4.98. The van der Waals surface area contributed by atoms with Crippen LogP contribution in [-0.2, 0) is 0 Å². The average Bonchev–Trinajstić information content (AvgIpc) is 3.51. The number of fused-ring (bicyclic) bond motifs is 3. The third-order valence-corrected chi connectivity index (χ3v) is 14.7. The summed E-state index contributed by atoms with van der Waals surface area (Å²) in [5.41, 5.74) is 22.5. The van der Waals surface area contributed by atoms with E-state index in [4.69, 9.17) is 0 Å². The second-order valence-corrected chi connectivity index (χ2v) is 19.2.